The normalized spacial score (nSPS) is 12.1. The first-order chi connectivity index (χ1) is 21.8. The molecule has 0 amide bonds. The molecule has 0 aliphatic rings. The van der Waals surface area contributed by atoms with Gasteiger partial charge in [-0.05, 0) is 78.2 Å². The third-order valence-corrected chi connectivity index (χ3v) is 11.1. The van der Waals surface area contributed by atoms with Crippen LogP contribution in [0.4, 0.5) is 17.1 Å². The first-order valence-electron chi connectivity index (χ1n) is 14.8. The van der Waals surface area contributed by atoms with E-state index in [-0.39, 0.29) is 0 Å². The maximum absolute atomic E-state index is 6.79. The molecule has 0 fully saturated rings. The van der Waals surface area contributed by atoms with Crippen molar-refractivity contribution in [2.24, 2.45) is 0 Å². The third kappa shape index (κ3) is 3.47. The van der Waals surface area contributed by atoms with Crippen LogP contribution in [0.2, 0.25) is 0 Å². The van der Waals surface area contributed by atoms with E-state index in [2.05, 4.69) is 144 Å². The van der Waals surface area contributed by atoms with Crippen LogP contribution in [0.5, 0.6) is 0 Å². The predicted octanol–water partition coefficient (Wildman–Crippen LogP) is 12.9. The van der Waals surface area contributed by atoms with Gasteiger partial charge in [-0.3, -0.25) is 0 Å². The Kier molecular flexibility index (Phi) is 5.06. The number of thiophene rings is 2. The number of anilines is 3. The monoisotopic (exact) mass is 597 g/mol. The SMILES string of the molecule is c1ccc(N(c2ccc3sc4ccccc4c3c2)c2ccc3sc4ccc5c6ccc7ccccc7c6oc5c4c3c2)cc1. The zero-order valence-electron chi connectivity index (χ0n) is 23.5. The van der Waals surface area contributed by atoms with Gasteiger partial charge < -0.3 is 9.32 Å². The molecular weight excluding hydrogens is 575 g/mol. The highest BCUT2D eigenvalue weighted by Gasteiger charge is 2.19. The Labute approximate surface area is 260 Å². The van der Waals surface area contributed by atoms with Crippen molar-refractivity contribution < 1.29 is 4.42 Å². The number of hydrogen-bond acceptors (Lipinski definition) is 4. The van der Waals surface area contributed by atoms with Crippen molar-refractivity contribution in [3.63, 3.8) is 0 Å². The average molecular weight is 598 g/mol. The van der Waals surface area contributed by atoms with Crippen molar-refractivity contribution in [2.75, 3.05) is 4.90 Å². The number of furan rings is 1. The van der Waals surface area contributed by atoms with Crippen molar-refractivity contribution in [3.8, 4) is 0 Å². The van der Waals surface area contributed by atoms with Crippen LogP contribution in [-0.4, -0.2) is 0 Å². The van der Waals surface area contributed by atoms with E-state index in [0.717, 1.165) is 39.0 Å². The van der Waals surface area contributed by atoms with Crippen LogP contribution < -0.4 is 4.90 Å². The molecule has 3 aromatic heterocycles. The summed E-state index contributed by atoms with van der Waals surface area (Å²) in [5.41, 5.74) is 5.33. The molecule has 0 spiro atoms. The highest BCUT2D eigenvalue weighted by Crippen LogP contribution is 2.46. The highest BCUT2D eigenvalue weighted by molar-refractivity contribution is 7.26. The van der Waals surface area contributed by atoms with Gasteiger partial charge in [0.2, 0.25) is 0 Å². The topological polar surface area (TPSA) is 16.4 Å². The Bertz CT molecular complexity index is 2730. The van der Waals surface area contributed by atoms with E-state index >= 15 is 0 Å². The van der Waals surface area contributed by atoms with Crippen molar-refractivity contribution >= 4 is 113 Å². The van der Waals surface area contributed by atoms with Gasteiger partial charge in [0.15, 0.2) is 0 Å². The average Bonchev–Trinajstić information content (AvgIpc) is 3.76. The molecule has 0 radical (unpaired) electrons. The number of para-hydroxylation sites is 1. The van der Waals surface area contributed by atoms with E-state index in [4.69, 9.17) is 4.42 Å². The summed E-state index contributed by atoms with van der Waals surface area (Å²) in [6, 6.07) is 50.5. The Hall–Kier alpha value is -5.16. The first-order valence-corrected chi connectivity index (χ1v) is 16.4. The molecule has 0 saturated heterocycles. The summed E-state index contributed by atoms with van der Waals surface area (Å²) in [5, 5.41) is 9.69. The summed E-state index contributed by atoms with van der Waals surface area (Å²) < 4.78 is 11.9. The Morgan fingerprint density at radius 1 is 0.386 bits per heavy atom. The van der Waals surface area contributed by atoms with E-state index < -0.39 is 0 Å². The lowest BCUT2D eigenvalue weighted by molar-refractivity contribution is 0.677. The second-order valence-corrected chi connectivity index (χ2v) is 13.5. The van der Waals surface area contributed by atoms with Crippen LogP contribution in [0.3, 0.4) is 0 Å². The van der Waals surface area contributed by atoms with Crippen molar-refractivity contribution in [1.29, 1.82) is 0 Å². The highest BCUT2D eigenvalue weighted by atomic mass is 32.1. The van der Waals surface area contributed by atoms with E-state index in [1.165, 1.54) is 51.1 Å². The summed E-state index contributed by atoms with van der Waals surface area (Å²) in [7, 11) is 0. The fourth-order valence-electron chi connectivity index (χ4n) is 6.83. The summed E-state index contributed by atoms with van der Waals surface area (Å²) in [6.45, 7) is 0. The quantitative estimate of drug-likeness (QED) is 0.201. The molecule has 0 aliphatic carbocycles. The van der Waals surface area contributed by atoms with Crippen molar-refractivity contribution in [2.45, 2.75) is 0 Å². The molecular formula is C40H23NOS2. The fraction of sp³-hybridized carbons (Fsp3) is 0. The second kappa shape index (κ2) is 9.17. The molecule has 4 heteroatoms. The van der Waals surface area contributed by atoms with Gasteiger partial charge in [0.05, 0.1) is 0 Å². The van der Waals surface area contributed by atoms with Crippen LogP contribution in [0.15, 0.2) is 144 Å². The number of fused-ring (bicyclic) bond motifs is 12. The molecule has 0 unspecified atom stereocenters. The number of benzene rings is 7. The van der Waals surface area contributed by atoms with Crippen LogP contribution in [0.25, 0.3) is 73.1 Å². The molecule has 10 aromatic rings. The largest absolute Gasteiger partial charge is 0.455 e. The molecule has 10 rings (SSSR count). The maximum atomic E-state index is 6.79. The first kappa shape index (κ1) is 24.3. The maximum Gasteiger partial charge on any atom is 0.144 e. The summed E-state index contributed by atoms with van der Waals surface area (Å²) in [4.78, 5) is 2.38. The molecule has 0 bridgehead atoms. The Morgan fingerprint density at radius 2 is 1.00 bits per heavy atom. The Morgan fingerprint density at radius 3 is 1.86 bits per heavy atom. The number of hydrogen-bond donors (Lipinski definition) is 0. The molecule has 0 N–H and O–H groups in total. The third-order valence-electron chi connectivity index (χ3n) is 8.84. The minimum Gasteiger partial charge on any atom is -0.455 e. The van der Waals surface area contributed by atoms with Gasteiger partial charge >= 0.3 is 0 Å². The van der Waals surface area contributed by atoms with Crippen molar-refractivity contribution in [3.05, 3.63) is 140 Å². The standard InChI is InChI=1S/C40H23NOS2/c1-2-9-25(10-3-1)41(26-15-19-35-32(22-26)29-12-6-7-13-34(29)43-35)27-16-20-36-33(23-27)38-37(44-36)21-18-31-30-17-14-24-8-4-5-11-28(24)39(30)42-40(31)38/h1-23H. The molecule has 0 saturated carbocycles. The van der Waals surface area contributed by atoms with Gasteiger partial charge in [0.1, 0.15) is 11.2 Å². The Balaban J connectivity index is 1.24. The smallest absolute Gasteiger partial charge is 0.144 e. The van der Waals surface area contributed by atoms with E-state index in [9.17, 15) is 0 Å². The lowest BCUT2D eigenvalue weighted by atomic mass is 10.0. The van der Waals surface area contributed by atoms with Gasteiger partial charge in [-0.15, -0.1) is 22.7 Å². The fourth-order valence-corrected chi connectivity index (χ4v) is 9.00. The van der Waals surface area contributed by atoms with Gasteiger partial charge in [-0.2, -0.15) is 0 Å². The number of nitrogens with zero attached hydrogens (tertiary/aromatic N) is 1. The zero-order chi connectivity index (χ0) is 28.8. The molecule has 0 aliphatic heterocycles. The number of rotatable bonds is 3. The second-order valence-electron chi connectivity index (χ2n) is 11.3. The van der Waals surface area contributed by atoms with Gasteiger partial charge in [0, 0.05) is 73.6 Å². The van der Waals surface area contributed by atoms with Gasteiger partial charge in [-0.1, -0.05) is 66.7 Å². The molecule has 7 aromatic carbocycles. The van der Waals surface area contributed by atoms with Crippen molar-refractivity contribution in [1.82, 2.24) is 0 Å². The zero-order valence-corrected chi connectivity index (χ0v) is 25.1. The summed E-state index contributed by atoms with van der Waals surface area (Å²) >= 11 is 3.68. The van der Waals surface area contributed by atoms with E-state index in [1.807, 2.05) is 22.7 Å². The minimum atomic E-state index is 0.961. The molecule has 2 nitrogen and oxygen atoms in total. The predicted molar refractivity (Wildman–Crippen MR) is 192 cm³/mol. The summed E-state index contributed by atoms with van der Waals surface area (Å²) in [5.74, 6) is 0. The van der Waals surface area contributed by atoms with Crippen LogP contribution in [0.1, 0.15) is 0 Å². The molecule has 206 valence electrons. The lowest BCUT2D eigenvalue weighted by Gasteiger charge is -2.25. The van der Waals surface area contributed by atoms with Crippen LogP contribution in [0, 0.1) is 0 Å². The van der Waals surface area contributed by atoms with Crippen LogP contribution >= 0.6 is 22.7 Å². The van der Waals surface area contributed by atoms with E-state index in [0.29, 0.717) is 0 Å². The molecule has 0 atom stereocenters. The molecule has 44 heavy (non-hydrogen) atoms. The van der Waals surface area contributed by atoms with E-state index in [1.54, 1.807) is 0 Å². The van der Waals surface area contributed by atoms with Crippen LogP contribution in [-0.2, 0) is 0 Å². The molecule has 3 heterocycles. The lowest BCUT2D eigenvalue weighted by Crippen LogP contribution is -2.09. The summed E-state index contributed by atoms with van der Waals surface area (Å²) in [6.07, 6.45) is 0. The van der Waals surface area contributed by atoms with Gasteiger partial charge in [0.25, 0.3) is 0 Å². The van der Waals surface area contributed by atoms with Gasteiger partial charge in [-0.25, -0.2) is 0 Å². The minimum absolute atomic E-state index is 0.961.